The van der Waals surface area contributed by atoms with Gasteiger partial charge in [0, 0.05) is 12.1 Å². The summed E-state index contributed by atoms with van der Waals surface area (Å²) in [4.78, 5) is 40.3. The lowest BCUT2D eigenvalue weighted by molar-refractivity contribution is -0.139. The number of aromatic nitrogens is 2. The third kappa shape index (κ3) is 3.38. The normalized spacial score (nSPS) is 15.5. The zero-order valence-corrected chi connectivity index (χ0v) is 15.3. The Morgan fingerprint density at radius 2 is 2.10 bits per heavy atom. The Labute approximate surface area is 164 Å². The van der Waals surface area contributed by atoms with E-state index in [-0.39, 0.29) is 34.9 Å². The first-order valence-electron chi connectivity index (χ1n) is 8.72. The minimum Gasteiger partial charge on any atom is -0.493 e. The number of hydrogen-bond donors (Lipinski definition) is 1. The van der Waals surface area contributed by atoms with E-state index < -0.39 is 24.5 Å². The fourth-order valence-corrected chi connectivity index (χ4v) is 3.32. The number of ether oxygens (including phenoxy) is 3. The monoisotopic (exact) mass is 396 g/mol. The largest absolute Gasteiger partial charge is 0.493 e. The maximum absolute atomic E-state index is 13.1. The average molecular weight is 396 g/mol. The van der Waals surface area contributed by atoms with E-state index >= 15 is 0 Å². The SMILES string of the molecule is COc1cc([C@H]2CC(=O)Oc3nc4ccccn4c(=O)c32)ccc1OCC(=O)O. The van der Waals surface area contributed by atoms with Crippen molar-refractivity contribution < 1.29 is 28.9 Å². The average Bonchev–Trinajstić information content (AvgIpc) is 2.71. The lowest BCUT2D eigenvalue weighted by atomic mass is 9.88. The van der Waals surface area contributed by atoms with Gasteiger partial charge in [-0.2, -0.15) is 4.98 Å². The first-order chi connectivity index (χ1) is 14.0. The maximum atomic E-state index is 13.1. The molecule has 9 heteroatoms. The standard InChI is InChI=1S/C20H16N2O7/c1-27-14-8-11(5-6-13(14)28-10-16(23)24)12-9-17(25)29-19-18(12)20(26)22-7-3-2-4-15(22)21-19/h2-8,12H,9-10H2,1H3,(H,23,24)/t12-/m1/s1. The Kier molecular flexibility index (Phi) is 4.63. The molecule has 3 aromatic rings. The number of hydrogen-bond acceptors (Lipinski definition) is 7. The van der Waals surface area contributed by atoms with Crippen molar-refractivity contribution in [3.05, 3.63) is 64.1 Å². The summed E-state index contributed by atoms with van der Waals surface area (Å²) < 4.78 is 17.1. The molecule has 1 aliphatic rings. The molecule has 3 heterocycles. The van der Waals surface area contributed by atoms with Crippen LogP contribution in [0.15, 0.2) is 47.4 Å². The number of benzene rings is 1. The second kappa shape index (κ2) is 7.27. The molecule has 0 amide bonds. The van der Waals surface area contributed by atoms with E-state index in [0.29, 0.717) is 11.2 Å². The number of carbonyl (C=O) groups is 2. The highest BCUT2D eigenvalue weighted by molar-refractivity contribution is 5.77. The summed E-state index contributed by atoms with van der Waals surface area (Å²) in [6.07, 6.45) is 1.56. The fourth-order valence-electron chi connectivity index (χ4n) is 3.32. The molecule has 0 fully saturated rings. The summed E-state index contributed by atoms with van der Waals surface area (Å²) in [5.41, 5.74) is 0.944. The van der Waals surface area contributed by atoms with Crippen LogP contribution in [0.3, 0.4) is 0 Å². The van der Waals surface area contributed by atoms with E-state index in [1.807, 2.05) is 0 Å². The van der Waals surface area contributed by atoms with Gasteiger partial charge in [0.2, 0.25) is 5.88 Å². The number of carboxylic acid groups (broad SMARTS) is 1. The van der Waals surface area contributed by atoms with Crippen LogP contribution in [0.25, 0.3) is 5.65 Å². The number of methoxy groups -OCH3 is 1. The van der Waals surface area contributed by atoms with Crippen LogP contribution < -0.4 is 19.8 Å². The molecule has 1 aromatic carbocycles. The summed E-state index contributed by atoms with van der Waals surface area (Å²) in [6, 6.07) is 9.91. The molecule has 0 saturated heterocycles. The number of nitrogens with zero attached hydrogens (tertiary/aromatic N) is 2. The Balaban J connectivity index is 1.82. The quantitative estimate of drug-likeness (QED) is 0.647. The number of esters is 1. The van der Waals surface area contributed by atoms with Gasteiger partial charge >= 0.3 is 11.9 Å². The molecule has 29 heavy (non-hydrogen) atoms. The molecule has 1 atom stereocenters. The molecule has 1 N–H and O–H groups in total. The van der Waals surface area contributed by atoms with Crippen molar-refractivity contribution in [1.29, 1.82) is 0 Å². The minimum absolute atomic E-state index is 0.00683. The van der Waals surface area contributed by atoms with E-state index in [2.05, 4.69) is 4.98 Å². The van der Waals surface area contributed by atoms with Gasteiger partial charge in [-0.1, -0.05) is 12.1 Å². The maximum Gasteiger partial charge on any atom is 0.341 e. The van der Waals surface area contributed by atoms with E-state index in [9.17, 15) is 14.4 Å². The summed E-state index contributed by atoms with van der Waals surface area (Å²) in [7, 11) is 1.42. The van der Waals surface area contributed by atoms with Gasteiger partial charge in [-0.3, -0.25) is 14.0 Å². The van der Waals surface area contributed by atoms with Gasteiger partial charge in [0.25, 0.3) is 5.56 Å². The van der Waals surface area contributed by atoms with Gasteiger partial charge in [-0.25, -0.2) is 4.79 Å². The molecule has 1 aliphatic heterocycles. The van der Waals surface area contributed by atoms with Crippen LogP contribution in [-0.4, -0.2) is 40.1 Å². The highest BCUT2D eigenvalue weighted by Gasteiger charge is 2.33. The molecule has 0 radical (unpaired) electrons. The number of carboxylic acids is 1. The number of fused-ring (bicyclic) bond motifs is 2. The van der Waals surface area contributed by atoms with Gasteiger partial charge in [0.1, 0.15) is 5.65 Å². The van der Waals surface area contributed by atoms with Gasteiger partial charge in [0.15, 0.2) is 18.1 Å². The third-order valence-electron chi connectivity index (χ3n) is 4.61. The van der Waals surface area contributed by atoms with Crippen molar-refractivity contribution in [2.45, 2.75) is 12.3 Å². The zero-order chi connectivity index (χ0) is 20.5. The minimum atomic E-state index is -1.12. The first kappa shape index (κ1) is 18.5. The van der Waals surface area contributed by atoms with Crippen LogP contribution >= 0.6 is 0 Å². The summed E-state index contributed by atoms with van der Waals surface area (Å²) in [5.74, 6) is -1.69. The van der Waals surface area contributed by atoms with Crippen molar-refractivity contribution in [3.8, 4) is 17.4 Å². The molecule has 0 spiro atoms. The highest BCUT2D eigenvalue weighted by atomic mass is 16.5. The summed E-state index contributed by atoms with van der Waals surface area (Å²) in [5, 5.41) is 8.79. The predicted octanol–water partition coefficient (Wildman–Crippen LogP) is 1.61. The molecule has 0 aliphatic carbocycles. The Morgan fingerprint density at radius 3 is 2.86 bits per heavy atom. The molecule has 0 bridgehead atoms. The van der Waals surface area contributed by atoms with Crippen LogP contribution in [0, 0.1) is 0 Å². The Bertz CT molecular complexity index is 1190. The molecule has 0 saturated carbocycles. The smallest absolute Gasteiger partial charge is 0.341 e. The van der Waals surface area contributed by atoms with Crippen molar-refractivity contribution in [1.82, 2.24) is 9.38 Å². The Hall–Kier alpha value is -3.88. The van der Waals surface area contributed by atoms with Crippen molar-refractivity contribution in [2.75, 3.05) is 13.7 Å². The number of carbonyl (C=O) groups excluding carboxylic acids is 1. The highest BCUT2D eigenvalue weighted by Crippen LogP contribution is 2.39. The van der Waals surface area contributed by atoms with E-state index in [0.717, 1.165) is 0 Å². The first-order valence-corrected chi connectivity index (χ1v) is 8.72. The van der Waals surface area contributed by atoms with Gasteiger partial charge < -0.3 is 19.3 Å². The second-order valence-electron chi connectivity index (χ2n) is 6.39. The van der Waals surface area contributed by atoms with Crippen molar-refractivity contribution in [2.24, 2.45) is 0 Å². The zero-order valence-electron chi connectivity index (χ0n) is 15.3. The molecular weight excluding hydrogens is 380 g/mol. The van der Waals surface area contributed by atoms with Crippen LogP contribution in [0.1, 0.15) is 23.5 Å². The molecule has 4 rings (SSSR count). The molecule has 0 unspecified atom stereocenters. The number of rotatable bonds is 5. The van der Waals surface area contributed by atoms with Crippen LogP contribution in [-0.2, 0) is 9.59 Å². The molecule has 148 valence electrons. The number of aliphatic carboxylic acids is 1. The lowest BCUT2D eigenvalue weighted by Crippen LogP contribution is -2.31. The van der Waals surface area contributed by atoms with Crippen molar-refractivity contribution >= 4 is 17.6 Å². The number of pyridine rings is 1. The van der Waals surface area contributed by atoms with E-state index in [1.165, 1.54) is 11.5 Å². The predicted molar refractivity (Wildman–Crippen MR) is 99.7 cm³/mol. The fraction of sp³-hybridized carbons (Fsp3) is 0.200. The molecule has 9 nitrogen and oxygen atoms in total. The lowest BCUT2D eigenvalue weighted by Gasteiger charge is -2.24. The van der Waals surface area contributed by atoms with E-state index in [4.69, 9.17) is 19.3 Å². The summed E-state index contributed by atoms with van der Waals surface area (Å²) in [6.45, 7) is -0.522. The third-order valence-corrected chi connectivity index (χ3v) is 4.61. The molecule has 2 aromatic heterocycles. The topological polar surface area (TPSA) is 116 Å². The van der Waals surface area contributed by atoms with Gasteiger partial charge in [-0.05, 0) is 29.8 Å². The van der Waals surface area contributed by atoms with Gasteiger partial charge in [0.05, 0.1) is 19.1 Å². The Morgan fingerprint density at radius 1 is 1.28 bits per heavy atom. The van der Waals surface area contributed by atoms with E-state index in [1.54, 1.807) is 42.6 Å². The van der Waals surface area contributed by atoms with Crippen molar-refractivity contribution in [3.63, 3.8) is 0 Å². The van der Waals surface area contributed by atoms with Crippen LogP contribution in [0.4, 0.5) is 0 Å². The second-order valence-corrected chi connectivity index (χ2v) is 6.39. The molecular formula is C20H16N2O7. The van der Waals surface area contributed by atoms with Crippen LogP contribution in [0.2, 0.25) is 0 Å². The van der Waals surface area contributed by atoms with Gasteiger partial charge in [-0.15, -0.1) is 0 Å². The summed E-state index contributed by atoms with van der Waals surface area (Å²) >= 11 is 0. The van der Waals surface area contributed by atoms with Crippen LogP contribution in [0.5, 0.6) is 17.4 Å².